The molecule has 0 radical (unpaired) electrons. The average Bonchev–Trinajstić information content (AvgIpc) is 2.58. The van der Waals surface area contributed by atoms with E-state index in [4.69, 9.17) is 4.74 Å². The van der Waals surface area contributed by atoms with Crippen LogP contribution in [0.4, 0.5) is 0 Å². The molecule has 0 amide bonds. The molecule has 0 aliphatic rings. The molecule has 0 heterocycles. The van der Waals surface area contributed by atoms with Crippen molar-refractivity contribution in [2.24, 2.45) is 5.92 Å². The molecule has 0 fully saturated rings. The maximum atomic E-state index is 11.3. The van der Waals surface area contributed by atoms with Crippen molar-refractivity contribution < 1.29 is 14.6 Å². The van der Waals surface area contributed by atoms with Crippen LogP contribution in [-0.2, 0) is 17.9 Å². The molecule has 0 saturated heterocycles. The topological polar surface area (TPSA) is 58.6 Å². The summed E-state index contributed by atoms with van der Waals surface area (Å²) in [7, 11) is 0. The first-order valence-electron chi connectivity index (χ1n) is 8.68. The van der Waals surface area contributed by atoms with Gasteiger partial charge < -0.3 is 15.2 Å². The number of rotatable bonds is 9. The van der Waals surface area contributed by atoms with Crippen LogP contribution in [0, 0.1) is 12.8 Å². The van der Waals surface area contributed by atoms with E-state index in [1.54, 1.807) is 0 Å². The Morgan fingerprint density at radius 2 is 1.80 bits per heavy atom. The van der Waals surface area contributed by atoms with Crippen molar-refractivity contribution in [3.8, 4) is 5.75 Å². The van der Waals surface area contributed by atoms with E-state index < -0.39 is 12.0 Å². The molecule has 2 aromatic rings. The Morgan fingerprint density at radius 1 is 1.12 bits per heavy atom. The molecule has 25 heavy (non-hydrogen) atoms. The molecule has 0 aliphatic carbocycles. The molecule has 4 nitrogen and oxygen atoms in total. The van der Waals surface area contributed by atoms with Crippen molar-refractivity contribution in [1.29, 1.82) is 0 Å². The number of ether oxygens (including phenoxy) is 1. The van der Waals surface area contributed by atoms with Gasteiger partial charge in [-0.25, -0.2) is 0 Å². The average molecular weight is 341 g/mol. The molecule has 0 spiro atoms. The number of nitrogens with one attached hydrogen (secondary N) is 1. The van der Waals surface area contributed by atoms with Crippen LogP contribution in [0.25, 0.3) is 0 Å². The highest BCUT2D eigenvalue weighted by Crippen LogP contribution is 2.16. The van der Waals surface area contributed by atoms with Gasteiger partial charge >= 0.3 is 5.97 Å². The summed E-state index contributed by atoms with van der Waals surface area (Å²) in [6.45, 7) is 7.20. The second-order valence-corrected chi connectivity index (χ2v) is 6.76. The standard InChI is InChI=1S/C21H27NO3/c1-15(2)12-20(21(23)24)22-13-17-8-10-19(11-9-17)25-14-18-7-5-4-6-16(18)3/h4-11,15,20,22H,12-14H2,1-3H3,(H,23,24). The first-order valence-corrected chi connectivity index (χ1v) is 8.68. The summed E-state index contributed by atoms with van der Waals surface area (Å²) in [5, 5.41) is 12.4. The SMILES string of the molecule is Cc1ccccc1COc1ccc(CNC(CC(C)C)C(=O)O)cc1. The van der Waals surface area contributed by atoms with E-state index in [9.17, 15) is 9.90 Å². The monoisotopic (exact) mass is 341 g/mol. The van der Waals surface area contributed by atoms with Gasteiger partial charge in [0.05, 0.1) is 0 Å². The quantitative estimate of drug-likeness (QED) is 0.719. The zero-order valence-electron chi connectivity index (χ0n) is 15.2. The minimum Gasteiger partial charge on any atom is -0.489 e. The number of carboxylic acids is 1. The van der Waals surface area contributed by atoms with Crippen molar-refractivity contribution in [1.82, 2.24) is 5.32 Å². The fraction of sp³-hybridized carbons (Fsp3) is 0.381. The molecule has 0 aromatic heterocycles. The van der Waals surface area contributed by atoms with Gasteiger partial charge in [-0.05, 0) is 48.1 Å². The number of hydrogen-bond donors (Lipinski definition) is 2. The lowest BCUT2D eigenvalue weighted by atomic mass is 10.0. The molecule has 134 valence electrons. The molecule has 0 bridgehead atoms. The van der Waals surface area contributed by atoms with Crippen LogP contribution >= 0.6 is 0 Å². The van der Waals surface area contributed by atoms with E-state index >= 15 is 0 Å². The Labute approximate surface area is 149 Å². The highest BCUT2D eigenvalue weighted by Gasteiger charge is 2.17. The van der Waals surface area contributed by atoms with Crippen LogP contribution in [0.2, 0.25) is 0 Å². The Bertz CT molecular complexity index is 680. The third-order valence-corrected chi connectivity index (χ3v) is 4.14. The number of carbonyl (C=O) groups is 1. The van der Waals surface area contributed by atoms with Crippen LogP contribution in [0.3, 0.4) is 0 Å². The fourth-order valence-electron chi connectivity index (χ4n) is 2.62. The molecule has 2 rings (SSSR count). The third kappa shape index (κ3) is 6.24. The normalized spacial score (nSPS) is 12.2. The zero-order valence-corrected chi connectivity index (χ0v) is 15.2. The number of aliphatic carboxylic acids is 1. The van der Waals surface area contributed by atoms with Crippen LogP contribution in [0.5, 0.6) is 5.75 Å². The summed E-state index contributed by atoms with van der Waals surface area (Å²) in [6, 6.07) is 15.4. The van der Waals surface area contributed by atoms with Gasteiger partial charge in [0, 0.05) is 6.54 Å². The number of carboxylic acid groups (broad SMARTS) is 1. The van der Waals surface area contributed by atoms with Gasteiger partial charge in [0.1, 0.15) is 18.4 Å². The van der Waals surface area contributed by atoms with Gasteiger partial charge in [-0.15, -0.1) is 0 Å². The highest BCUT2D eigenvalue weighted by molar-refractivity contribution is 5.73. The predicted molar refractivity (Wildman–Crippen MR) is 99.7 cm³/mol. The molecule has 2 N–H and O–H groups in total. The second kappa shape index (κ2) is 9.23. The molecule has 4 heteroatoms. The van der Waals surface area contributed by atoms with E-state index in [0.29, 0.717) is 25.5 Å². The van der Waals surface area contributed by atoms with Crippen LogP contribution < -0.4 is 10.1 Å². The maximum Gasteiger partial charge on any atom is 0.320 e. The molecular formula is C21H27NO3. The fourth-order valence-corrected chi connectivity index (χ4v) is 2.62. The first kappa shape index (κ1) is 19.0. The van der Waals surface area contributed by atoms with Crippen molar-refractivity contribution >= 4 is 5.97 Å². The van der Waals surface area contributed by atoms with Gasteiger partial charge in [0.2, 0.25) is 0 Å². The lowest BCUT2D eigenvalue weighted by Gasteiger charge is -2.16. The molecular weight excluding hydrogens is 314 g/mol. The molecule has 1 atom stereocenters. The number of hydrogen-bond acceptors (Lipinski definition) is 3. The van der Waals surface area contributed by atoms with Crippen LogP contribution in [0.1, 0.15) is 37.0 Å². The van der Waals surface area contributed by atoms with E-state index in [1.165, 1.54) is 11.1 Å². The third-order valence-electron chi connectivity index (χ3n) is 4.14. The van der Waals surface area contributed by atoms with Gasteiger partial charge in [-0.1, -0.05) is 50.2 Å². The Morgan fingerprint density at radius 3 is 2.40 bits per heavy atom. The Hall–Kier alpha value is -2.33. The lowest BCUT2D eigenvalue weighted by Crippen LogP contribution is -2.37. The molecule has 2 aromatic carbocycles. The van der Waals surface area contributed by atoms with Crippen LogP contribution in [0.15, 0.2) is 48.5 Å². The summed E-state index contributed by atoms with van der Waals surface area (Å²) >= 11 is 0. The number of aryl methyl sites for hydroxylation is 1. The van der Waals surface area contributed by atoms with E-state index in [1.807, 2.05) is 50.2 Å². The molecule has 0 saturated carbocycles. The van der Waals surface area contributed by atoms with Gasteiger partial charge in [-0.2, -0.15) is 0 Å². The maximum absolute atomic E-state index is 11.3. The summed E-state index contributed by atoms with van der Waals surface area (Å²) in [4.78, 5) is 11.3. The van der Waals surface area contributed by atoms with E-state index in [-0.39, 0.29) is 0 Å². The predicted octanol–water partition coefficient (Wildman–Crippen LogP) is 4.16. The molecule has 1 unspecified atom stereocenters. The summed E-state index contributed by atoms with van der Waals surface area (Å²) in [5.41, 5.74) is 3.43. The van der Waals surface area contributed by atoms with Crippen molar-refractivity contribution in [2.45, 2.75) is 46.4 Å². The molecule has 0 aliphatic heterocycles. The Kier molecular flexibility index (Phi) is 7.02. The Balaban J connectivity index is 1.87. The van der Waals surface area contributed by atoms with Gasteiger partial charge in [0.15, 0.2) is 0 Å². The minimum atomic E-state index is -0.799. The largest absolute Gasteiger partial charge is 0.489 e. The van der Waals surface area contributed by atoms with E-state index in [2.05, 4.69) is 24.4 Å². The zero-order chi connectivity index (χ0) is 18.2. The highest BCUT2D eigenvalue weighted by atomic mass is 16.5. The summed E-state index contributed by atoms with van der Waals surface area (Å²) in [5.74, 6) is 0.349. The van der Waals surface area contributed by atoms with Gasteiger partial charge in [0.25, 0.3) is 0 Å². The van der Waals surface area contributed by atoms with Crippen molar-refractivity contribution in [3.63, 3.8) is 0 Å². The summed E-state index contributed by atoms with van der Waals surface area (Å²) < 4.78 is 5.83. The van der Waals surface area contributed by atoms with Crippen LogP contribution in [-0.4, -0.2) is 17.1 Å². The second-order valence-electron chi connectivity index (χ2n) is 6.76. The van der Waals surface area contributed by atoms with Crippen molar-refractivity contribution in [2.75, 3.05) is 0 Å². The lowest BCUT2D eigenvalue weighted by molar-refractivity contribution is -0.140. The van der Waals surface area contributed by atoms with Gasteiger partial charge in [-0.3, -0.25) is 4.79 Å². The summed E-state index contributed by atoms with van der Waals surface area (Å²) in [6.07, 6.45) is 0.618. The van der Waals surface area contributed by atoms with Crippen molar-refractivity contribution in [3.05, 3.63) is 65.2 Å². The smallest absolute Gasteiger partial charge is 0.320 e. The number of benzene rings is 2. The first-order chi connectivity index (χ1) is 12.0. The van der Waals surface area contributed by atoms with E-state index in [0.717, 1.165) is 11.3 Å². The minimum absolute atomic E-state index is 0.339.